The van der Waals surface area contributed by atoms with Crippen molar-refractivity contribution in [3.05, 3.63) is 29.8 Å². The number of nitrogens with one attached hydrogen (secondary N) is 1. The van der Waals surface area contributed by atoms with E-state index in [1.54, 1.807) is 12.1 Å². The number of alkyl halides is 2. The minimum Gasteiger partial charge on any atom is -0.435 e. The molecule has 0 saturated carbocycles. The number of halogens is 2. The first-order valence-corrected chi connectivity index (χ1v) is 6.55. The van der Waals surface area contributed by atoms with Crippen LogP contribution in [-0.4, -0.2) is 38.2 Å². The molecule has 1 aromatic carbocycles. The van der Waals surface area contributed by atoms with E-state index in [-0.39, 0.29) is 5.75 Å². The van der Waals surface area contributed by atoms with Crippen molar-refractivity contribution in [2.45, 2.75) is 26.5 Å². The van der Waals surface area contributed by atoms with E-state index in [1.165, 1.54) is 0 Å². The van der Waals surface area contributed by atoms with Crippen LogP contribution in [0.3, 0.4) is 0 Å². The van der Waals surface area contributed by atoms with Crippen molar-refractivity contribution in [1.29, 1.82) is 0 Å². The predicted octanol–water partition coefficient (Wildman–Crippen LogP) is 2.72. The van der Waals surface area contributed by atoms with E-state index in [1.807, 2.05) is 19.2 Å². The van der Waals surface area contributed by atoms with E-state index in [0.717, 1.165) is 38.2 Å². The molecule has 108 valence electrons. The SMILES string of the molecule is CCCNCCN(C)Cc1ccc(OC(F)F)cc1. The van der Waals surface area contributed by atoms with Crippen LogP contribution in [0.4, 0.5) is 8.78 Å². The minimum absolute atomic E-state index is 0.200. The predicted molar refractivity (Wildman–Crippen MR) is 72.6 cm³/mol. The molecule has 3 nitrogen and oxygen atoms in total. The second-order valence-electron chi connectivity index (χ2n) is 4.51. The van der Waals surface area contributed by atoms with Crippen LogP contribution in [0.1, 0.15) is 18.9 Å². The molecule has 1 N–H and O–H groups in total. The van der Waals surface area contributed by atoms with E-state index in [2.05, 4.69) is 21.9 Å². The number of hydrogen-bond donors (Lipinski definition) is 1. The van der Waals surface area contributed by atoms with E-state index >= 15 is 0 Å². The Hall–Kier alpha value is -1.20. The molecule has 0 aliphatic rings. The minimum atomic E-state index is -2.77. The first-order valence-electron chi connectivity index (χ1n) is 6.55. The summed E-state index contributed by atoms with van der Waals surface area (Å²) in [6.07, 6.45) is 1.13. The third kappa shape index (κ3) is 7.08. The van der Waals surface area contributed by atoms with Crippen molar-refractivity contribution in [2.24, 2.45) is 0 Å². The Labute approximate surface area is 113 Å². The van der Waals surface area contributed by atoms with E-state index in [4.69, 9.17) is 0 Å². The van der Waals surface area contributed by atoms with Crippen molar-refractivity contribution in [1.82, 2.24) is 10.2 Å². The second-order valence-corrected chi connectivity index (χ2v) is 4.51. The molecule has 1 aromatic rings. The highest BCUT2D eigenvalue weighted by Crippen LogP contribution is 2.15. The molecule has 0 saturated heterocycles. The maximum Gasteiger partial charge on any atom is 0.387 e. The fourth-order valence-corrected chi connectivity index (χ4v) is 1.74. The van der Waals surface area contributed by atoms with E-state index in [9.17, 15) is 8.78 Å². The molecule has 0 aliphatic carbocycles. The highest BCUT2D eigenvalue weighted by Gasteiger charge is 2.04. The summed E-state index contributed by atoms with van der Waals surface area (Å²) in [5.41, 5.74) is 1.08. The molecule has 0 atom stereocenters. The van der Waals surface area contributed by atoms with Crippen LogP contribution in [0.2, 0.25) is 0 Å². The van der Waals surface area contributed by atoms with Gasteiger partial charge in [-0.05, 0) is 37.7 Å². The topological polar surface area (TPSA) is 24.5 Å². The van der Waals surface area contributed by atoms with Gasteiger partial charge < -0.3 is 15.0 Å². The van der Waals surface area contributed by atoms with Gasteiger partial charge in [0.1, 0.15) is 5.75 Å². The van der Waals surface area contributed by atoms with Crippen LogP contribution < -0.4 is 10.1 Å². The molecular formula is C14H22F2N2O. The van der Waals surface area contributed by atoms with Crippen LogP contribution in [0.25, 0.3) is 0 Å². The zero-order valence-electron chi connectivity index (χ0n) is 11.5. The fourth-order valence-electron chi connectivity index (χ4n) is 1.74. The molecule has 0 unspecified atom stereocenters. The van der Waals surface area contributed by atoms with Gasteiger partial charge in [0.25, 0.3) is 0 Å². The Morgan fingerprint density at radius 2 is 1.89 bits per heavy atom. The summed E-state index contributed by atoms with van der Waals surface area (Å²) in [4.78, 5) is 2.19. The summed E-state index contributed by atoms with van der Waals surface area (Å²) in [5.74, 6) is 0.200. The van der Waals surface area contributed by atoms with Crippen molar-refractivity contribution in [3.63, 3.8) is 0 Å². The summed E-state index contributed by atoms with van der Waals surface area (Å²) in [5, 5.41) is 3.34. The standard InChI is InChI=1S/C14H22F2N2O/c1-3-8-17-9-10-18(2)11-12-4-6-13(7-5-12)19-14(15)16/h4-7,14,17H,3,8-11H2,1-2H3. The number of benzene rings is 1. The summed E-state index contributed by atoms with van der Waals surface area (Å²) < 4.78 is 28.3. The first-order chi connectivity index (χ1) is 9.11. The molecule has 0 amide bonds. The lowest BCUT2D eigenvalue weighted by molar-refractivity contribution is -0.0498. The van der Waals surface area contributed by atoms with Crippen LogP contribution in [0, 0.1) is 0 Å². The highest BCUT2D eigenvalue weighted by atomic mass is 19.3. The average Bonchev–Trinajstić information content (AvgIpc) is 2.36. The van der Waals surface area contributed by atoms with Crippen molar-refractivity contribution >= 4 is 0 Å². The fraction of sp³-hybridized carbons (Fsp3) is 0.571. The Morgan fingerprint density at radius 1 is 1.21 bits per heavy atom. The summed E-state index contributed by atoms with van der Waals surface area (Å²) in [6, 6.07) is 6.77. The number of likely N-dealkylation sites (N-methyl/N-ethyl adjacent to an activating group) is 1. The van der Waals surface area contributed by atoms with E-state index in [0.29, 0.717) is 0 Å². The molecule has 0 spiro atoms. The molecule has 0 aromatic heterocycles. The molecule has 5 heteroatoms. The average molecular weight is 272 g/mol. The summed E-state index contributed by atoms with van der Waals surface area (Å²) >= 11 is 0. The quantitative estimate of drug-likeness (QED) is 0.700. The van der Waals surface area contributed by atoms with Gasteiger partial charge in [0.15, 0.2) is 0 Å². The van der Waals surface area contributed by atoms with Gasteiger partial charge in [-0.25, -0.2) is 0 Å². The zero-order valence-corrected chi connectivity index (χ0v) is 11.5. The van der Waals surface area contributed by atoms with Crippen LogP contribution in [-0.2, 0) is 6.54 Å². The van der Waals surface area contributed by atoms with Gasteiger partial charge in [-0.1, -0.05) is 19.1 Å². The molecule has 0 aliphatic heterocycles. The lowest BCUT2D eigenvalue weighted by Gasteiger charge is -2.17. The van der Waals surface area contributed by atoms with E-state index < -0.39 is 6.61 Å². The Balaban J connectivity index is 2.31. The summed E-state index contributed by atoms with van der Waals surface area (Å²) in [7, 11) is 2.04. The van der Waals surface area contributed by atoms with Gasteiger partial charge in [-0.15, -0.1) is 0 Å². The normalized spacial score (nSPS) is 11.3. The largest absolute Gasteiger partial charge is 0.435 e. The van der Waals surface area contributed by atoms with Gasteiger partial charge >= 0.3 is 6.61 Å². The number of hydrogen-bond acceptors (Lipinski definition) is 3. The van der Waals surface area contributed by atoms with Crippen LogP contribution >= 0.6 is 0 Å². The number of rotatable bonds is 9. The van der Waals surface area contributed by atoms with Gasteiger partial charge in [-0.2, -0.15) is 8.78 Å². The van der Waals surface area contributed by atoms with Crippen molar-refractivity contribution in [2.75, 3.05) is 26.7 Å². The van der Waals surface area contributed by atoms with Crippen molar-refractivity contribution in [3.8, 4) is 5.75 Å². The highest BCUT2D eigenvalue weighted by molar-refractivity contribution is 5.27. The van der Waals surface area contributed by atoms with Crippen molar-refractivity contribution < 1.29 is 13.5 Å². The molecule has 19 heavy (non-hydrogen) atoms. The monoisotopic (exact) mass is 272 g/mol. The second kappa shape index (κ2) is 8.82. The molecule has 0 bridgehead atoms. The molecule has 0 radical (unpaired) electrons. The van der Waals surface area contributed by atoms with Gasteiger partial charge in [-0.3, -0.25) is 0 Å². The number of ether oxygens (including phenoxy) is 1. The Bertz CT molecular complexity index is 344. The maximum atomic E-state index is 12.0. The lowest BCUT2D eigenvalue weighted by atomic mass is 10.2. The molecule has 1 rings (SSSR count). The molecule has 0 heterocycles. The third-order valence-electron chi connectivity index (χ3n) is 2.70. The lowest BCUT2D eigenvalue weighted by Crippen LogP contribution is -2.29. The molecule has 0 fully saturated rings. The van der Waals surface area contributed by atoms with Gasteiger partial charge in [0.2, 0.25) is 0 Å². The summed E-state index contributed by atoms with van der Waals surface area (Å²) in [6.45, 7) is 3.11. The van der Waals surface area contributed by atoms with Crippen LogP contribution in [0.15, 0.2) is 24.3 Å². The first kappa shape index (κ1) is 15.9. The van der Waals surface area contributed by atoms with Gasteiger partial charge in [0, 0.05) is 19.6 Å². The number of nitrogens with zero attached hydrogens (tertiary/aromatic N) is 1. The Kier molecular flexibility index (Phi) is 7.36. The third-order valence-corrected chi connectivity index (χ3v) is 2.70. The van der Waals surface area contributed by atoms with Gasteiger partial charge in [0.05, 0.1) is 0 Å². The molecular weight excluding hydrogens is 250 g/mol. The zero-order chi connectivity index (χ0) is 14.1. The smallest absolute Gasteiger partial charge is 0.387 e. The maximum absolute atomic E-state index is 12.0. The Morgan fingerprint density at radius 3 is 2.47 bits per heavy atom. The van der Waals surface area contributed by atoms with Crippen LogP contribution in [0.5, 0.6) is 5.75 Å².